The van der Waals surface area contributed by atoms with Crippen LogP contribution in [0.3, 0.4) is 0 Å². The van der Waals surface area contributed by atoms with E-state index in [0.717, 1.165) is 23.4 Å². The number of ether oxygens (including phenoxy) is 1. The van der Waals surface area contributed by atoms with Gasteiger partial charge in [0, 0.05) is 39.1 Å². The van der Waals surface area contributed by atoms with Gasteiger partial charge in [-0.1, -0.05) is 6.07 Å². The van der Waals surface area contributed by atoms with E-state index in [1.165, 1.54) is 12.1 Å². The topological polar surface area (TPSA) is 47.4 Å². The van der Waals surface area contributed by atoms with Gasteiger partial charge in [0.2, 0.25) is 5.91 Å². The number of aryl methyl sites for hydroxylation is 1. The maximum atomic E-state index is 13.5. The average molecular weight is 329 g/mol. The van der Waals surface area contributed by atoms with Crippen LogP contribution in [0.1, 0.15) is 29.5 Å². The summed E-state index contributed by atoms with van der Waals surface area (Å²) < 4.78 is 21.2. The normalized spacial score (nSPS) is 23.3. The zero-order chi connectivity index (χ0) is 16.7. The van der Waals surface area contributed by atoms with Crippen molar-refractivity contribution >= 4 is 5.91 Å². The van der Waals surface area contributed by atoms with Gasteiger partial charge in [0.25, 0.3) is 0 Å². The molecule has 0 bridgehead atoms. The van der Waals surface area contributed by atoms with E-state index in [0.29, 0.717) is 26.1 Å². The first kappa shape index (κ1) is 15.3. The Labute approximate surface area is 140 Å². The first-order chi connectivity index (χ1) is 11.6. The summed E-state index contributed by atoms with van der Waals surface area (Å²) >= 11 is 0. The molecule has 5 nitrogen and oxygen atoms in total. The summed E-state index contributed by atoms with van der Waals surface area (Å²) in [6, 6.07) is 4.84. The molecule has 24 heavy (non-hydrogen) atoms. The number of rotatable bonds is 2. The highest BCUT2D eigenvalue weighted by Crippen LogP contribution is 2.35. The van der Waals surface area contributed by atoms with E-state index in [-0.39, 0.29) is 23.7 Å². The minimum Gasteiger partial charge on any atom is -0.369 e. The van der Waals surface area contributed by atoms with Gasteiger partial charge in [-0.2, -0.15) is 0 Å². The second-order valence-electron chi connectivity index (χ2n) is 6.51. The third-order valence-electron chi connectivity index (χ3n) is 5.01. The van der Waals surface area contributed by atoms with Crippen molar-refractivity contribution < 1.29 is 13.9 Å². The fourth-order valence-electron chi connectivity index (χ4n) is 3.70. The number of aromatic nitrogens is 2. The summed E-state index contributed by atoms with van der Waals surface area (Å²) in [7, 11) is 1.91. The van der Waals surface area contributed by atoms with Crippen LogP contribution in [-0.4, -0.2) is 33.5 Å². The molecule has 3 heterocycles. The van der Waals surface area contributed by atoms with E-state index in [1.807, 2.05) is 28.8 Å². The second-order valence-corrected chi connectivity index (χ2v) is 6.51. The van der Waals surface area contributed by atoms with Crippen LogP contribution in [0, 0.1) is 11.7 Å². The number of amides is 1. The van der Waals surface area contributed by atoms with Crippen LogP contribution >= 0.6 is 0 Å². The summed E-state index contributed by atoms with van der Waals surface area (Å²) in [4.78, 5) is 19.2. The summed E-state index contributed by atoms with van der Waals surface area (Å²) in [5.74, 6) is 0.393. The minimum absolute atomic E-state index is 0.0791. The van der Waals surface area contributed by atoms with Crippen LogP contribution in [0.2, 0.25) is 0 Å². The van der Waals surface area contributed by atoms with Crippen molar-refractivity contribution in [3.05, 3.63) is 53.4 Å². The number of benzene rings is 1. The van der Waals surface area contributed by atoms with Crippen LogP contribution in [0.25, 0.3) is 0 Å². The van der Waals surface area contributed by atoms with E-state index in [4.69, 9.17) is 4.74 Å². The molecular weight excluding hydrogens is 309 g/mol. The molecule has 0 saturated carbocycles. The van der Waals surface area contributed by atoms with Crippen molar-refractivity contribution in [2.75, 3.05) is 13.2 Å². The first-order valence-electron chi connectivity index (χ1n) is 8.28. The van der Waals surface area contributed by atoms with Gasteiger partial charge < -0.3 is 14.2 Å². The van der Waals surface area contributed by atoms with Crippen molar-refractivity contribution in [3.8, 4) is 0 Å². The number of carbonyl (C=O) groups is 1. The number of carbonyl (C=O) groups excluding carboxylic acids is 1. The van der Waals surface area contributed by atoms with E-state index < -0.39 is 0 Å². The lowest BCUT2D eigenvalue weighted by atomic mass is 9.95. The van der Waals surface area contributed by atoms with Gasteiger partial charge >= 0.3 is 0 Å². The lowest BCUT2D eigenvalue weighted by Crippen LogP contribution is -2.40. The second kappa shape index (κ2) is 6.02. The van der Waals surface area contributed by atoms with Crippen molar-refractivity contribution in [2.45, 2.75) is 25.5 Å². The third kappa shape index (κ3) is 2.60. The lowest BCUT2D eigenvalue weighted by Gasteiger charge is -2.32. The molecule has 2 atom stereocenters. The Kier molecular flexibility index (Phi) is 3.84. The monoisotopic (exact) mass is 329 g/mol. The highest BCUT2D eigenvalue weighted by Gasteiger charge is 2.40. The zero-order valence-electron chi connectivity index (χ0n) is 13.6. The van der Waals surface area contributed by atoms with E-state index in [9.17, 15) is 9.18 Å². The minimum atomic E-state index is -0.300. The van der Waals surface area contributed by atoms with Gasteiger partial charge in [0.15, 0.2) is 0 Å². The molecule has 2 aromatic rings. The van der Waals surface area contributed by atoms with E-state index in [1.54, 1.807) is 6.20 Å². The number of fused-ring (bicyclic) bond motifs is 1. The molecule has 126 valence electrons. The van der Waals surface area contributed by atoms with Gasteiger partial charge in [0.1, 0.15) is 17.7 Å². The summed E-state index contributed by atoms with van der Waals surface area (Å²) in [5, 5.41) is 0. The predicted octanol–water partition coefficient (Wildman–Crippen LogP) is 2.22. The summed E-state index contributed by atoms with van der Waals surface area (Å²) in [5.41, 5.74) is 2.03. The largest absolute Gasteiger partial charge is 0.369 e. The SMILES string of the molecule is Cn1ccnc1[C@@H]1OCC[C@H]1C(=O)N1CCc2ccc(F)cc2C1. The number of hydrogen-bond acceptors (Lipinski definition) is 3. The molecule has 6 heteroatoms. The van der Waals surface area contributed by atoms with Crippen LogP contribution in [0.15, 0.2) is 30.6 Å². The standard InChI is InChI=1S/C18H20FN3O2/c1-21-8-6-20-17(21)16-15(5-9-24-16)18(23)22-7-4-12-2-3-14(19)10-13(12)11-22/h2-3,6,8,10,15-16H,4-5,7,9,11H2,1H3/t15-,16-/m1/s1. The molecule has 2 aliphatic heterocycles. The highest BCUT2D eigenvalue weighted by atomic mass is 19.1. The molecule has 0 unspecified atom stereocenters. The number of nitrogens with zero attached hydrogens (tertiary/aromatic N) is 3. The Morgan fingerprint density at radius 1 is 1.38 bits per heavy atom. The van der Waals surface area contributed by atoms with Gasteiger partial charge in [-0.15, -0.1) is 0 Å². The van der Waals surface area contributed by atoms with Crippen LogP contribution in [0.4, 0.5) is 4.39 Å². The first-order valence-corrected chi connectivity index (χ1v) is 8.28. The smallest absolute Gasteiger partial charge is 0.229 e. The van der Waals surface area contributed by atoms with E-state index in [2.05, 4.69) is 4.98 Å². The van der Waals surface area contributed by atoms with Gasteiger partial charge in [-0.25, -0.2) is 9.37 Å². The van der Waals surface area contributed by atoms with Crippen LogP contribution in [-0.2, 0) is 29.5 Å². The fraction of sp³-hybridized carbons (Fsp3) is 0.444. The Hall–Kier alpha value is -2.21. The number of hydrogen-bond donors (Lipinski definition) is 0. The molecule has 0 radical (unpaired) electrons. The Morgan fingerprint density at radius 3 is 3.04 bits per heavy atom. The number of imidazole rings is 1. The van der Waals surface area contributed by atoms with Crippen molar-refractivity contribution in [3.63, 3.8) is 0 Å². The molecule has 4 rings (SSSR count). The summed E-state index contributed by atoms with van der Waals surface area (Å²) in [6.45, 7) is 1.70. The molecule has 0 aliphatic carbocycles. The lowest BCUT2D eigenvalue weighted by molar-refractivity contribution is -0.138. The quantitative estimate of drug-likeness (QED) is 0.849. The maximum Gasteiger partial charge on any atom is 0.229 e. The van der Waals surface area contributed by atoms with Gasteiger partial charge in [0.05, 0.1) is 5.92 Å². The molecule has 1 aromatic carbocycles. The zero-order valence-corrected chi connectivity index (χ0v) is 13.6. The van der Waals surface area contributed by atoms with Crippen molar-refractivity contribution in [2.24, 2.45) is 13.0 Å². The van der Waals surface area contributed by atoms with Crippen LogP contribution < -0.4 is 0 Å². The van der Waals surface area contributed by atoms with Crippen LogP contribution in [0.5, 0.6) is 0 Å². The van der Waals surface area contributed by atoms with Gasteiger partial charge in [-0.3, -0.25) is 4.79 Å². The summed E-state index contributed by atoms with van der Waals surface area (Å²) in [6.07, 6.45) is 4.74. The molecular formula is C18H20FN3O2. The molecule has 0 spiro atoms. The molecule has 0 N–H and O–H groups in total. The fourth-order valence-corrected chi connectivity index (χ4v) is 3.70. The average Bonchev–Trinajstić information content (AvgIpc) is 3.21. The Morgan fingerprint density at radius 2 is 2.25 bits per heavy atom. The van der Waals surface area contributed by atoms with E-state index >= 15 is 0 Å². The molecule has 1 fully saturated rings. The highest BCUT2D eigenvalue weighted by molar-refractivity contribution is 5.80. The van der Waals surface area contributed by atoms with Gasteiger partial charge in [-0.05, 0) is 36.1 Å². The molecule has 2 aliphatic rings. The third-order valence-corrected chi connectivity index (χ3v) is 5.01. The Bertz CT molecular complexity index is 773. The van der Waals surface area contributed by atoms with Crippen molar-refractivity contribution in [1.29, 1.82) is 0 Å². The predicted molar refractivity (Wildman–Crippen MR) is 85.5 cm³/mol. The van der Waals surface area contributed by atoms with Crippen molar-refractivity contribution in [1.82, 2.24) is 14.5 Å². The maximum absolute atomic E-state index is 13.5. The Balaban J connectivity index is 1.54. The number of halogens is 1. The molecule has 1 aromatic heterocycles. The molecule has 1 amide bonds. The molecule has 1 saturated heterocycles.